The molecule has 1 atom stereocenters. The third kappa shape index (κ3) is 4.93. The predicted molar refractivity (Wildman–Crippen MR) is 132 cm³/mol. The fraction of sp³-hybridized carbons (Fsp3) is 0.192. The third-order valence-corrected chi connectivity index (χ3v) is 6.59. The van der Waals surface area contributed by atoms with Crippen LogP contribution in [0.5, 0.6) is 0 Å². The highest BCUT2D eigenvalue weighted by molar-refractivity contribution is 7.16. The van der Waals surface area contributed by atoms with E-state index in [1.165, 1.54) is 17.4 Å². The Bertz CT molecular complexity index is 1280. The van der Waals surface area contributed by atoms with Crippen molar-refractivity contribution < 1.29 is 9.18 Å². The normalized spacial score (nSPS) is 11.8. The number of hydrogen-bond donors (Lipinski definition) is 2. The van der Waals surface area contributed by atoms with Crippen LogP contribution in [0.2, 0.25) is 0 Å². The van der Waals surface area contributed by atoms with Gasteiger partial charge in [-0.15, -0.1) is 11.3 Å². The molecule has 7 heteroatoms. The first-order valence-electron chi connectivity index (χ1n) is 10.6. The molecule has 0 saturated carbocycles. The van der Waals surface area contributed by atoms with Crippen LogP contribution in [0.3, 0.4) is 0 Å². The predicted octanol–water partition coefficient (Wildman–Crippen LogP) is 6.36. The van der Waals surface area contributed by atoms with E-state index in [9.17, 15) is 4.79 Å². The molecule has 0 fully saturated rings. The number of aryl methyl sites for hydroxylation is 3. The monoisotopic (exact) mass is 460 g/mol. The number of nitrogens with one attached hydrogen (secondary N) is 2. The summed E-state index contributed by atoms with van der Waals surface area (Å²) in [4.78, 5) is 23.0. The van der Waals surface area contributed by atoms with Gasteiger partial charge >= 0.3 is 0 Å². The Morgan fingerprint density at radius 2 is 1.58 bits per heavy atom. The molecule has 2 N–H and O–H groups in total. The maximum atomic E-state index is 15.0. The van der Waals surface area contributed by atoms with Crippen molar-refractivity contribution in [3.8, 4) is 0 Å². The number of amides is 1. The molecular weight excluding hydrogens is 435 g/mol. The van der Waals surface area contributed by atoms with Gasteiger partial charge in [0.1, 0.15) is 10.8 Å². The van der Waals surface area contributed by atoms with Crippen molar-refractivity contribution in [2.24, 2.45) is 0 Å². The number of rotatable bonds is 6. The van der Waals surface area contributed by atoms with Gasteiger partial charge in [0.25, 0.3) is 5.91 Å². The molecule has 0 aliphatic rings. The number of thiophene rings is 1. The van der Waals surface area contributed by atoms with E-state index in [-0.39, 0.29) is 11.7 Å². The Morgan fingerprint density at radius 3 is 2.24 bits per heavy atom. The first-order chi connectivity index (χ1) is 15.8. The second-order valence-corrected chi connectivity index (χ2v) is 9.14. The molecule has 2 heterocycles. The van der Waals surface area contributed by atoms with Gasteiger partial charge in [-0.3, -0.25) is 4.79 Å². The van der Waals surface area contributed by atoms with Gasteiger partial charge in [0.15, 0.2) is 0 Å². The van der Waals surface area contributed by atoms with Crippen molar-refractivity contribution >= 4 is 28.2 Å². The molecular formula is C26H25FN4OS. The summed E-state index contributed by atoms with van der Waals surface area (Å²) >= 11 is 1.47. The molecule has 0 bridgehead atoms. The zero-order valence-corrected chi connectivity index (χ0v) is 19.8. The van der Waals surface area contributed by atoms with Crippen LogP contribution in [0.25, 0.3) is 0 Å². The van der Waals surface area contributed by atoms with Crippen molar-refractivity contribution in [3.63, 3.8) is 0 Å². The molecule has 0 saturated heterocycles. The molecule has 2 aromatic carbocycles. The van der Waals surface area contributed by atoms with Crippen LogP contribution >= 0.6 is 11.3 Å². The summed E-state index contributed by atoms with van der Waals surface area (Å²) < 4.78 is 15.0. The number of halogens is 1. The lowest BCUT2D eigenvalue weighted by Gasteiger charge is -2.22. The number of anilines is 2. The van der Waals surface area contributed by atoms with E-state index >= 15 is 4.39 Å². The lowest BCUT2D eigenvalue weighted by atomic mass is 9.96. The summed E-state index contributed by atoms with van der Waals surface area (Å²) in [7, 11) is 0. The van der Waals surface area contributed by atoms with Crippen molar-refractivity contribution in [2.45, 2.75) is 33.7 Å². The summed E-state index contributed by atoms with van der Waals surface area (Å²) in [6.45, 7) is 7.76. The van der Waals surface area contributed by atoms with Gasteiger partial charge < -0.3 is 10.6 Å². The lowest BCUT2D eigenvalue weighted by Crippen LogP contribution is -2.19. The van der Waals surface area contributed by atoms with Crippen LogP contribution in [0.15, 0.2) is 60.7 Å². The molecule has 0 radical (unpaired) electrons. The molecule has 4 rings (SSSR count). The summed E-state index contributed by atoms with van der Waals surface area (Å²) in [5.74, 6) is -0.152. The standard InChI is InChI=1S/C26H25FN4OS/c1-15-14-16(2)29-26(28-15)30-23(20-12-8-9-13-21(20)27)22-17(3)18(4)33-25(22)31-24(32)19-10-6-5-7-11-19/h5-14,23H,1-4H3,(H,31,32)(H,28,29,30)/t23-/m0/s1. The number of carbonyl (C=O) groups is 1. The quantitative estimate of drug-likeness (QED) is 0.351. The summed E-state index contributed by atoms with van der Waals surface area (Å²) in [5.41, 5.74) is 4.42. The van der Waals surface area contributed by atoms with Crippen LogP contribution in [0.1, 0.15) is 49.4 Å². The van der Waals surface area contributed by atoms with E-state index in [4.69, 9.17) is 0 Å². The fourth-order valence-electron chi connectivity index (χ4n) is 3.78. The molecule has 0 aliphatic carbocycles. The van der Waals surface area contributed by atoms with Crippen molar-refractivity contribution in [1.82, 2.24) is 9.97 Å². The molecule has 168 valence electrons. The van der Waals surface area contributed by atoms with E-state index in [2.05, 4.69) is 20.6 Å². The highest BCUT2D eigenvalue weighted by Gasteiger charge is 2.27. The van der Waals surface area contributed by atoms with E-state index < -0.39 is 6.04 Å². The smallest absolute Gasteiger partial charge is 0.256 e. The third-order valence-electron chi connectivity index (χ3n) is 5.46. The number of hydrogen-bond acceptors (Lipinski definition) is 5. The highest BCUT2D eigenvalue weighted by atomic mass is 32.1. The summed E-state index contributed by atoms with van der Waals surface area (Å²) in [5, 5.41) is 7.05. The minimum absolute atomic E-state index is 0.215. The van der Waals surface area contributed by atoms with Crippen LogP contribution in [0, 0.1) is 33.5 Å². The van der Waals surface area contributed by atoms with E-state index in [0.29, 0.717) is 22.1 Å². The van der Waals surface area contributed by atoms with Gasteiger partial charge in [-0.25, -0.2) is 14.4 Å². The first-order valence-corrected chi connectivity index (χ1v) is 11.4. The highest BCUT2D eigenvalue weighted by Crippen LogP contribution is 2.41. The van der Waals surface area contributed by atoms with Crippen molar-refractivity contribution in [2.75, 3.05) is 10.6 Å². The Kier molecular flexibility index (Phi) is 6.51. The maximum Gasteiger partial charge on any atom is 0.256 e. The van der Waals surface area contributed by atoms with Gasteiger partial charge in [0, 0.05) is 33.0 Å². The van der Waals surface area contributed by atoms with Crippen LogP contribution in [-0.2, 0) is 0 Å². The minimum Gasteiger partial charge on any atom is -0.343 e. The largest absolute Gasteiger partial charge is 0.343 e. The molecule has 0 unspecified atom stereocenters. The van der Waals surface area contributed by atoms with Gasteiger partial charge in [0.05, 0.1) is 6.04 Å². The average molecular weight is 461 g/mol. The topological polar surface area (TPSA) is 66.9 Å². The summed E-state index contributed by atoms with van der Waals surface area (Å²) in [6, 6.07) is 17.0. The lowest BCUT2D eigenvalue weighted by molar-refractivity contribution is 0.102. The van der Waals surface area contributed by atoms with Gasteiger partial charge in [-0.05, 0) is 57.5 Å². The van der Waals surface area contributed by atoms with Crippen LogP contribution in [0.4, 0.5) is 15.3 Å². The molecule has 33 heavy (non-hydrogen) atoms. The van der Waals surface area contributed by atoms with Gasteiger partial charge in [0.2, 0.25) is 5.95 Å². The van der Waals surface area contributed by atoms with E-state index in [1.807, 2.05) is 52.0 Å². The zero-order valence-electron chi connectivity index (χ0n) is 18.9. The van der Waals surface area contributed by atoms with Crippen molar-refractivity contribution in [3.05, 3.63) is 105 Å². The molecule has 2 aromatic heterocycles. The fourth-order valence-corrected chi connectivity index (χ4v) is 4.88. The van der Waals surface area contributed by atoms with Gasteiger partial charge in [-0.1, -0.05) is 36.4 Å². The SMILES string of the molecule is Cc1cc(C)nc(N[C@@H](c2ccccc2F)c2c(NC(=O)c3ccccc3)sc(C)c2C)n1. The maximum absolute atomic E-state index is 15.0. The molecule has 5 nitrogen and oxygen atoms in total. The Labute approximate surface area is 196 Å². The molecule has 0 spiro atoms. The second kappa shape index (κ2) is 9.50. The average Bonchev–Trinajstić information content (AvgIpc) is 3.05. The molecule has 1 amide bonds. The molecule has 4 aromatic rings. The number of carbonyl (C=O) groups excluding carboxylic acids is 1. The van der Waals surface area contributed by atoms with Crippen molar-refractivity contribution in [1.29, 1.82) is 0 Å². The Morgan fingerprint density at radius 1 is 0.939 bits per heavy atom. The zero-order chi connectivity index (χ0) is 23.5. The molecule has 0 aliphatic heterocycles. The Hall–Kier alpha value is -3.58. The second-order valence-electron chi connectivity index (χ2n) is 7.92. The number of aromatic nitrogens is 2. The Balaban J connectivity index is 1.81. The van der Waals surface area contributed by atoms with Gasteiger partial charge in [-0.2, -0.15) is 0 Å². The summed E-state index contributed by atoms with van der Waals surface area (Å²) in [6.07, 6.45) is 0. The van der Waals surface area contributed by atoms with Crippen LogP contribution < -0.4 is 10.6 Å². The number of benzene rings is 2. The van der Waals surface area contributed by atoms with Crippen LogP contribution in [-0.4, -0.2) is 15.9 Å². The van der Waals surface area contributed by atoms with E-state index in [1.54, 1.807) is 30.3 Å². The number of nitrogens with zero attached hydrogens (tertiary/aromatic N) is 2. The van der Waals surface area contributed by atoms with E-state index in [0.717, 1.165) is 27.4 Å². The first kappa shape index (κ1) is 22.6. The minimum atomic E-state index is -0.594.